The Labute approximate surface area is 133 Å². The zero-order valence-electron chi connectivity index (χ0n) is 12.3. The lowest BCUT2D eigenvalue weighted by Crippen LogP contribution is -2.23. The van der Waals surface area contributed by atoms with E-state index in [-0.39, 0.29) is 11.8 Å². The maximum absolute atomic E-state index is 11.7. The summed E-state index contributed by atoms with van der Waals surface area (Å²) in [6.07, 6.45) is 4.11. The maximum Gasteiger partial charge on any atom is 0.244 e. The zero-order valence-corrected chi connectivity index (χ0v) is 13.2. The summed E-state index contributed by atoms with van der Waals surface area (Å²) in [7, 11) is 0. The van der Waals surface area contributed by atoms with E-state index in [1.807, 2.05) is 23.6 Å². The molecule has 0 fully saturated rings. The summed E-state index contributed by atoms with van der Waals surface area (Å²) in [6, 6.07) is 11.4. The monoisotopic (exact) mass is 314 g/mol. The third kappa shape index (κ3) is 5.54. The van der Waals surface area contributed by atoms with Crippen molar-refractivity contribution in [2.24, 2.45) is 0 Å². The van der Waals surface area contributed by atoms with Crippen LogP contribution < -0.4 is 10.6 Å². The van der Waals surface area contributed by atoms with Crippen molar-refractivity contribution in [2.45, 2.75) is 13.3 Å². The molecule has 4 nitrogen and oxygen atoms in total. The van der Waals surface area contributed by atoms with E-state index in [9.17, 15) is 9.59 Å². The van der Waals surface area contributed by atoms with E-state index in [2.05, 4.69) is 16.7 Å². The summed E-state index contributed by atoms with van der Waals surface area (Å²) in [5.74, 6) is -0.212. The van der Waals surface area contributed by atoms with Crippen LogP contribution in [0.1, 0.15) is 17.4 Å². The van der Waals surface area contributed by atoms with E-state index in [1.54, 1.807) is 29.5 Å². The number of benzene rings is 1. The number of nitrogens with one attached hydrogen (secondary N) is 2. The summed E-state index contributed by atoms with van der Waals surface area (Å²) >= 11 is 1.69. The summed E-state index contributed by atoms with van der Waals surface area (Å²) < 4.78 is 0. The molecule has 0 aliphatic heterocycles. The molecule has 2 aromatic rings. The molecule has 1 aromatic heterocycles. The minimum absolute atomic E-state index is 0.103. The Balaban J connectivity index is 1.77. The largest absolute Gasteiger partial charge is 0.352 e. The van der Waals surface area contributed by atoms with Gasteiger partial charge in [-0.1, -0.05) is 18.2 Å². The predicted octanol–water partition coefficient (Wildman–Crippen LogP) is 3.08. The fraction of sp³-hybridized carbons (Fsp3) is 0.176. The Morgan fingerprint density at radius 3 is 2.59 bits per heavy atom. The highest BCUT2D eigenvalue weighted by Crippen LogP contribution is 2.11. The molecule has 1 heterocycles. The number of carbonyl (C=O) groups is 2. The lowest BCUT2D eigenvalue weighted by molar-refractivity contribution is -0.116. The number of carbonyl (C=O) groups excluding carboxylic acids is 2. The molecular formula is C17H18N2O2S. The highest BCUT2D eigenvalue weighted by Gasteiger charge is 1.98. The first-order valence-electron chi connectivity index (χ1n) is 6.99. The Morgan fingerprint density at radius 2 is 1.95 bits per heavy atom. The van der Waals surface area contributed by atoms with Crippen LogP contribution in [0.25, 0.3) is 6.08 Å². The number of anilines is 1. The van der Waals surface area contributed by atoms with Crippen LogP contribution in [0.15, 0.2) is 47.9 Å². The minimum Gasteiger partial charge on any atom is -0.352 e. The minimum atomic E-state index is -0.109. The standard InChI is InChI=1S/C17H18N2O2S/c1-13(20)19-15-7-4-14(5-8-15)6-9-17(21)18-11-10-16-3-2-12-22-16/h2-9,12H,10-11H2,1H3,(H,18,21)(H,19,20)/b9-6+. The van der Waals surface area contributed by atoms with Crippen LogP contribution in [0.4, 0.5) is 5.69 Å². The van der Waals surface area contributed by atoms with Gasteiger partial charge in [0.25, 0.3) is 0 Å². The summed E-state index contributed by atoms with van der Waals surface area (Å²) in [5, 5.41) is 7.58. The van der Waals surface area contributed by atoms with Gasteiger partial charge in [-0.05, 0) is 41.6 Å². The van der Waals surface area contributed by atoms with Crippen LogP contribution in [0.3, 0.4) is 0 Å². The van der Waals surface area contributed by atoms with Gasteiger partial charge in [0.05, 0.1) is 0 Å². The van der Waals surface area contributed by atoms with Gasteiger partial charge in [-0.25, -0.2) is 0 Å². The molecule has 2 rings (SSSR count). The molecule has 0 radical (unpaired) electrons. The molecule has 0 aliphatic rings. The molecule has 1 aromatic carbocycles. The van der Waals surface area contributed by atoms with Crippen molar-refractivity contribution in [3.05, 3.63) is 58.3 Å². The van der Waals surface area contributed by atoms with Gasteiger partial charge in [-0.2, -0.15) is 0 Å². The summed E-state index contributed by atoms with van der Waals surface area (Å²) in [6.45, 7) is 2.10. The highest BCUT2D eigenvalue weighted by molar-refractivity contribution is 7.09. The maximum atomic E-state index is 11.7. The van der Waals surface area contributed by atoms with Gasteiger partial charge in [-0.3, -0.25) is 9.59 Å². The Morgan fingerprint density at radius 1 is 1.18 bits per heavy atom. The van der Waals surface area contributed by atoms with Crippen LogP contribution in [0, 0.1) is 0 Å². The van der Waals surface area contributed by atoms with Crippen LogP contribution >= 0.6 is 11.3 Å². The van der Waals surface area contributed by atoms with Gasteiger partial charge in [-0.15, -0.1) is 11.3 Å². The quantitative estimate of drug-likeness (QED) is 0.805. The smallest absolute Gasteiger partial charge is 0.244 e. The molecule has 0 aliphatic carbocycles. The van der Waals surface area contributed by atoms with Gasteiger partial charge in [0.2, 0.25) is 11.8 Å². The van der Waals surface area contributed by atoms with Gasteiger partial charge in [0.1, 0.15) is 0 Å². The van der Waals surface area contributed by atoms with Crippen LogP contribution in [0.5, 0.6) is 0 Å². The topological polar surface area (TPSA) is 58.2 Å². The first kappa shape index (κ1) is 16.0. The predicted molar refractivity (Wildman–Crippen MR) is 90.8 cm³/mol. The van der Waals surface area contributed by atoms with Gasteiger partial charge in [0.15, 0.2) is 0 Å². The first-order chi connectivity index (χ1) is 10.6. The summed E-state index contributed by atoms with van der Waals surface area (Å²) in [5.41, 5.74) is 1.65. The highest BCUT2D eigenvalue weighted by atomic mass is 32.1. The molecule has 0 spiro atoms. The third-order valence-electron chi connectivity index (χ3n) is 2.91. The summed E-state index contributed by atoms with van der Waals surface area (Å²) in [4.78, 5) is 23.9. The number of thiophene rings is 1. The van der Waals surface area contributed by atoms with E-state index in [0.29, 0.717) is 6.54 Å². The molecule has 0 unspecified atom stereocenters. The SMILES string of the molecule is CC(=O)Nc1ccc(/C=C/C(=O)NCCc2cccs2)cc1. The van der Waals surface area contributed by atoms with Crippen LogP contribution in [-0.4, -0.2) is 18.4 Å². The molecule has 2 N–H and O–H groups in total. The lowest BCUT2D eigenvalue weighted by Gasteiger charge is -2.02. The van der Waals surface area contributed by atoms with Crippen molar-refractivity contribution in [1.82, 2.24) is 5.32 Å². The van der Waals surface area contributed by atoms with Crippen molar-refractivity contribution in [3.63, 3.8) is 0 Å². The zero-order chi connectivity index (χ0) is 15.8. The third-order valence-corrected chi connectivity index (χ3v) is 3.85. The molecule has 22 heavy (non-hydrogen) atoms. The second-order valence-corrected chi connectivity index (χ2v) is 5.79. The number of rotatable bonds is 6. The number of amides is 2. The van der Waals surface area contributed by atoms with Crippen molar-refractivity contribution < 1.29 is 9.59 Å². The van der Waals surface area contributed by atoms with Crippen LogP contribution in [-0.2, 0) is 16.0 Å². The second kappa shape index (κ2) is 8.14. The van der Waals surface area contributed by atoms with Crippen molar-refractivity contribution in [2.75, 3.05) is 11.9 Å². The first-order valence-corrected chi connectivity index (χ1v) is 7.87. The van der Waals surface area contributed by atoms with E-state index >= 15 is 0 Å². The average Bonchev–Trinajstić information content (AvgIpc) is 2.99. The molecule has 0 atom stereocenters. The molecule has 5 heteroatoms. The second-order valence-electron chi connectivity index (χ2n) is 4.76. The molecule has 114 valence electrons. The Bertz CT molecular complexity index is 646. The normalized spacial score (nSPS) is 10.6. The van der Waals surface area contributed by atoms with Crippen LogP contribution in [0.2, 0.25) is 0 Å². The average molecular weight is 314 g/mol. The van der Waals surface area contributed by atoms with E-state index in [1.165, 1.54) is 17.9 Å². The van der Waals surface area contributed by atoms with Crippen molar-refractivity contribution in [3.8, 4) is 0 Å². The van der Waals surface area contributed by atoms with Gasteiger partial charge < -0.3 is 10.6 Å². The fourth-order valence-electron chi connectivity index (χ4n) is 1.88. The lowest BCUT2D eigenvalue weighted by atomic mass is 10.2. The Kier molecular flexibility index (Phi) is 5.91. The molecule has 0 saturated carbocycles. The number of hydrogen-bond donors (Lipinski definition) is 2. The van der Waals surface area contributed by atoms with E-state index < -0.39 is 0 Å². The molecule has 2 amide bonds. The van der Waals surface area contributed by atoms with Crippen molar-refractivity contribution in [1.29, 1.82) is 0 Å². The van der Waals surface area contributed by atoms with E-state index in [0.717, 1.165) is 17.7 Å². The Hall–Kier alpha value is -2.40. The van der Waals surface area contributed by atoms with Gasteiger partial charge >= 0.3 is 0 Å². The molecule has 0 saturated heterocycles. The fourth-order valence-corrected chi connectivity index (χ4v) is 2.58. The van der Waals surface area contributed by atoms with E-state index in [4.69, 9.17) is 0 Å². The molecular weight excluding hydrogens is 296 g/mol. The van der Waals surface area contributed by atoms with Gasteiger partial charge in [0, 0.05) is 30.1 Å². The molecule has 0 bridgehead atoms. The van der Waals surface area contributed by atoms with Crippen molar-refractivity contribution >= 4 is 34.9 Å². The number of hydrogen-bond acceptors (Lipinski definition) is 3.